The zero-order chi connectivity index (χ0) is 16.4. The lowest BCUT2D eigenvalue weighted by molar-refractivity contribution is 0.371. The number of hydrazone groups is 1. The van der Waals surface area contributed by atoms with Crippen LogP contribution in [0.15, 0.2) is 53.6 Å². The van der Waals surface area contributed by atoms with E-state index in [-0.39, 0.29) is 11.2 Å². The number of hydrogen-bond donors (Lipinski definition) is 1. The maximum atomic E-state index is 5.95. The van der Waals surface area contributed by atoms with Crippen LogP contribution in [-0.2, 0) is 0 Å². The van der Waals surface area contributed by atoms with Crippen LogP contribution < -0.4 is 10.5 Å². The second-order valence-electron chi connectivity index (χ2n) is 5.23. The van der Waals surface area contributed by atoms with Gasteiger partial charge in [-0.1, -0.05) is 35.9 Å². The van der Waals surface area contributed by atoms with Crippen LogP contribution in [0.3, 0.4) is 0 Å². The topological polar surface area (TPSA) is 50.8 Å². The molecule has 23 heavy (non-hydrogen) atoms. The molecule has 0 saturated carbocycles. The zero-order valence-electron chi connectivity index (χ0n) is 12.6. The number of rotatable bonds is 3. The third-order valence-electron chi connectivity index (χ3n) is 3.81. The fourth-order valence-corrected chi connectivity index (χ4v) is 2.91. The van der Waals surface area contributed by atoms with Gasteiger partial charge in [0.2, 0.25) is 0 Å². The summed E-state index contributed by atoms with van der Waals surface area (Å²) in [6, 6.07) is 15.5. The van der Waals surface area contributed by atoms with Crippen molar-refractivity contribution < 1.29 is 4.74 Å². The van der Waals surface area contributed by atoms with E-state index in [4.69, 9.17) is 34.3 Å². The summed E-state index contributed by atoms with van der Waals surface area (Å²) in [5, 5.41) is 7.25. The molecule has 0 bridgehead atoms. The minimum absolute atomic E-state index is 0.0101. The van der Waals surface area contributed by atoms with Crippen molar-refractivity contribution in [2.75, 3.05) is 7.11 Å². The number of nitrogens with zero attached hydrogens (tertiary/aromatic N) is 2. The molecule has 118 valence electrons. The molecule has 0 amide bonds. The third-order valence-corrected chi connectivity index (χ3v) is 4.25. The van der Waals surface area contributed by atoms with Gasteiger partial charge in [0.1, 0.15) is 5.75 Å². The molecule has 1 aliphatic heterocycles. The largest absolute Gasteiger partial charge is 0.497 e. The van der Waals surface area contributed by atoms with Crippen LogP contribution in [0.25, 0.3) is 0 Å². The monoisotopic (exact) mass is 345 g/mol. The van der Waals surface area contributed by atoms with Crippen LogP contribution in [0.1, 0.15) is 23.6 Å². The van der Waals surface area contributed by atoms with Gasteiger partial charge < -0.3 is 10.5 Å². The predicted octanol–water partition coefficient (Wildman–Crippen LogP) is 3.74. The third kappa shape index (κ3) is 3.30. The number of thiocarbonyl (C=S) groups is 1. The molecule has 1 unspecified atom stereocenters. The summed E-state index contributed by atoms with van der Waals surface area (Å²) in [6.45, 7) is 0. The summed E-state index contributed by atoms with van der Waals surface area (Å²) in [5.74, 6) is 0.812. The first-order valence-electron chi connectivity index (χ1n) is 7.14. The highest BCUT2D eigenvalue weighted by atomic mass is 35.5. The molecule has 0 radical (unpaired) electrons. The van der Waals surface area contributed by atoms with Gasteiger partial charge in [0, 0.05) is 11.4 Å². The summed E-state index contributed by atoms with van der Waals surface area (Å²) in [6.07, 6.45) is 0.727. The number of methoxy groups -OCH3 is 1. The first-order chi connectivity index (χ1) is 11.1. The molecule has 0 saturated heterocycles. The van der Waals surface area contributed by atoms with E-state index in [1.807, 2.05) is 48.5 Å². The van der Waals surface area contributed by atoms with Crippen molar-refractivity contribution in [2.24, 2.45) is 10.8 Å². The van der Waals surface area contributed by atoms with Gasteiger partial charge in [0.25, 0.3) is 0 Å². The number of ether oxygens (including phenoxy) is 1. The van der Waals surface area contributed by atoms with Gasteiger partial charge in [-0.15, -0.1) is 0 Å². The number of benzene rings is 2. The second-order valence-corrected chi connectivity index (χ2v) is 6.08. The first kappa shape index (κ1) is 15.8. The Morgan fingerprint density at radius 3 is 2.43 bits per heavy atom. The molecule has 0 aromatic heterocycles. The van der Waals surface area contributed by atoms with Crippen LogP contribution in [-0.4, -0.2) is 22.9 Å². The highest BCUT2D eigenvalue weighted by Crippen LogP contribution is 2.33. The molecule has 4 nitrogen and oxygen atoms in total. The molecule has 1 heterocycles. The van der Waals surface area contributed by atoms with Gasteiger partial charge in [0.05, 0.1) is 18.9 Å². The number of halogens is 1. The van der Waals surface area contributed by atoms with Crippen molar-refractivity contribution >= 4 is 34.6 Å². The van der Waals surface area contributed by atoms with Gasteiger partial charge in [-0.05, 0) is 47.6 Å². The van der Waals surface area contributed by atoms with Crippen molar-refractivity contribution in [1.82, 2.24) is 5.01 Å². The maximum Gasteiger partial charge on any atom is 0.187 e. The van der Waals surface area contributed by atoms with Gasteiger partial charge in [-0.25, -0.2) is 5.01 Å². The van der Waals surface area contributed by atoms with E-state index in [9.17, 15) is 0 Å². The summed E-state index contributed by atoms with van der Waals surface area (Å²) in [4.78, 5) is 0. The lowest BCUT2D eigenvalue weighted by atomic mass is 9.98. The maximum absolute atomic E-state index is 5.95. The Labute approximate surface area is 145 Å². The van der Waals surface area contributed by atoms with Gasteiger partial charge in [-0.2, -0.15) is 5.10 Å². The summed E-state index contributed by atoms with van der Waals surface area (Å²) in [5.41, 5.74) is 8.90. The fraction of sp³-hybridized carbons (Fsp3) is 0.176. The number of nitrogens with two attached hydrogens (primary N) is 1. The molecule has 2 N–H and O–H groups in total. The van der Waals surface area contributed by atoms with Crippen molar-refractivity contribution in [3.8, 4) is 5.75 Å². The van der Waals surface area contributed by atoms with E-state index in [0.29, 0.717) is 5.02 Å². The standard InChI is InChI=1S/C17H16ClN3OS/c1-22-14-8-4-12(5-9-14)16-10-15(20-21(16)17(19)23)11-2-6-13(18)7-3-11/h2-9,16H,10H2,1H3,(H2,19,23). The summed E-state index contributed by atoms with van der Waals surface area (Å²) in [7, 11) is 1.65. The van der Waals surface area contributed by atoms with Gasteiger partial charge in [0.15, 0.2) is 5.11 Å². The molecule has 6 heteroatoms. The highest BCUT2D eigenvalue weighted by molar-refractivity contribution is 7.80. The molecule has 0 aliphatic carbocycles. The molecule has 1 aliphatic rings. The minimum atomic E-state index is -0.0101. The van der Waals surface area contributed by atoms with E-state index < -0.39 is 0 Å². The average molecular weight is 346 g/mol. The van der Waals surface area contributed by atoms with E-state index in [0.717, 1.165) is 29.0 Å². The van der Waals surface area contributed by atoms with Crippen LogP contribution in [0.5, 0.6) is 5.75 Å². The van der Waals surface area contributed by atoms with E-state index >= 15 is 0 Å². The highest BCUT2D eigenvalue weighted by Gasteiger charge is 2.30. The molecular weight excluding hydrogens is 330 g/mol. The normalized spacial score (nSPS) is 17.0. The Balaban J connectivity index is 1.90. The van der Waals surface area contributed by atoms with Gasteiger partial charge >= 0.3 is 0 Å². The van der Waals surface area contributed by atoms with Crippen LogP contribution in [0.2, 0.25) is 5.02 Å². The first-order valence-corrected chi connectivity index (χ1v) is 7.93. The number of hydrogen-bond acceptors (Lipinski definition) is 3. The molecule has 0 fully saturated rings. The lowest BCUT2D eigenvalue weighted by Crippen LogP contribution is -2.31. The van der Waals surface area contributed by atoms with Crippen molar-refractivity contribution in [3.63, 3.8) is 0 Å². The minimum Gasteiger partial charge on any atom is -0.497 e. The second kappa shape index (κ2) is 6.56. The smallest absolute Gasteiger partial charge is 0.187 e. The van der Waals surface area contributed by atoms with E-state index in [1.165, 1.54) is 0 Å². The van der Waals surface area contributed by atoms with Crippen molar-refractivity contribution in [1.29, 1.82) is 0 Å². The average Bonchev–Trinajstić information content (AvgIpc) is 3.01. The lowest BCUT2D eigenvalue weighted by Gasteiger charge is -2.22. The van der Waals surface area contributed by atoms with E-state index in [1.54, 1.807) is 12.1 Å². The Bertz CT molecular complexity index is 743. The Hall–Kier alpha value is -2.11. The molecular formula is C17H16ClN3OS. The Kier molecular flexibility index (Phi) is 4.50. The van der Waals surface area contributed by atoms with E-state index in [2.05, 4.69) is 5.10 Å². The van der Waals surface area contributed by atoms with Crippen molar-refractivity contribution in [2.45, 2.75) is 12.5 Å². The zero-order valence-corrected chi connectivity index (χ0v) is 14.1. The van der Waals surface area contributed by atoms with Crippen LogP contribution in [0, 0.1) is 0 Å². The Morgan fingerprint density at radius 2 is 1.87 bits per heavy atom. The molecule has 1 atom stereocenters. The quantitative estimate of drug-likeness (QED) is 0.861. The molecule has 2 aromatic rings. The predicted molar refractivity (Wildman–Crippen MR) is 97.0 cm³/mol. The fourth-order valence-electron chi connectivity index (χ4n) is 2.62. The summed E-state index contributed by atoms with van der Waals surface area (Å²) < 4.78 is 5.20. The van der Waals surface area contributed by atoms with Crippen molar-refractivity contribution in [3.05, 3.63) is 64.7 Å². The molecule has 0 spiro atoms. The SMILES string of the molecule is COc1ccc(C2CC(c3ccc(Cl)cc3)=NN2C(N)=S)cc1. The van der Waals surface area contributed by atoms with Crippen LogP contribution >= 0.6 is 23.8 Å². The molecule has 3 rings (SSSR count). The molecule has 2 aromatic carbocycles. The van der Waals surface area contributed by atoms with Crippen LogP contribution in [0.4, 0.5) is 0 Å². The van der Waals surface area contributed by atoms with Gasteiger partial charge in [-0.3, -0.25) is 0 Å². The Morgan fingerprint density at radius 1 is 1.22 bits per heavy atom. The summed E-state index contributed by atoms with van der Waals surface area (Å²) >= 11 is 11.1.